The second kappa shape index (κ2) is 7.05. The number of H-pyrrole nitrogens is 1. The van der Waals surface area contributed by atoms with Gasteiger partial charge in [-0.05, 0) is 38.3 Å². The molecule has 138 valence electrons. The van der Waals surface area contributed by atoms with Gasteiger partial charge < -0.3 is 14.8 Å². The van der Waals surface area contributed by atoms with Crippen molar-refractivity contribution >= 4 is 11.7 Å². The smallest absolute Gasteiger partial charge is 0.222 e. The number of aromatic nitrogens is 4. The average Bonchev–Trinajstić information content (AvgIpc) is 3.17. The molecule has 1 N–H and O–H groups in total. The Balaban J connectivity index is 1.44. The summed E-state index contributed by atoms with van der Waals surface area (Å²) in [5, 5.41) is 8.58. The van der Waals surface area contributed by atoms with E-state index in [4.69, 9.17) is 0 Å². The molecule has 4 heterocycles. The standard InChI is InChI=1S/C19H26N6O/c1-15-3-4-17(23-22-15)24-9-2-7-19(12-24)8-5-18(26)25(13-19)10-6-16-11-20-14-21-16/h3-4,11,14H,2,5-10,12-13H2,1H3,(H,20,21). The number of aryl methyl sites for hydroxylation is 1. The Morgan fingerprint density at radius 1 is 1.23 bits per heavy atom. The van der Waals surface area contributed by atoms with Crippen LogP contribution in [-0.2, 0) is 11.2 Å². The molecule has 0 bridgehead atoms. The Morgan fingerprint density at radius 3 is 2.92 bits per heavy atom. The molecule has 1 unspecified atom stereocenters. The largest absolute Gasteiger partial charge is 0.355 e. The fourth-order valence-corrected chi connectivity index (χ4v) is 4.28. The van der Waals surface area contributed by atoms with Gasteiger partial charge >= 0.3 is 0 Å². The number of nitrogens with zero attached hydrogens (tertiary/aromatic N) is 5. The van der Waals surface area contributed by atoms with Crippen molar-refractivity contribution in [2.75, 3.05) is 31.1 Å². The minimum absolute atomic E-state index is 0.173. The lowest BCUT2D eigenvalue weighted by molar-refractivity contribution is -0.137. The topological polar surface area (TPSA) is 78.0 Å². The van der Waals surface area contributed by atoms with Crippen molar-refractivity contribution in [2.45, 2.75) is 39.0 Å². The molecule has 2 aliphatic rings. The molecular weight excluding hydrogens is 328 g/mol. The van der Waals surface area contributed by atoms with Crippen molar-refractivity contribution in [3.8, 4) is 0 Å². The van der Waals surface area contributed by atoms with E-state index in [1.54, 1.807) is 6.33 Å². The molecule has 7 nitrogen and oxygen atoms in total. The van der Waals surface area contributed by atoms with E-state index < -0.39 is 0 Å². The number of nitrogens with one attached hydrogen (secondary N) is 1. The summed E-state index contributed by atoms with van der Waals surface area (Å²) in [4.78, 5) is 24.0. The Morgan fingerprint density at radius 2 is 2.15 bits per heavy atom. The molecule has 2 fully saturated rings. The van der Waals surface area contributed by atoms with Crippen LogP contribution in [0.2, 0.25) is 0 Å². The van der Waals surface area contributed by atoms with Gasteiger partial charge in [-0.3, -0.25) is 4.79 Å². The number of carbonyl (C=O) groups excluding carboxylic acids is 1. The number of amides is 1. The van der Waals surface area contributed by atoms with Crippen molar-refractivity contribution in [1.29, 1.82) is 0 Å². The predicted molar refractivity (Wildman–Crippen MR) is 98.8 cm³/mol. The third kappa shape index (κ3) is 3.57. The summed E-state index contributed by atoms with van der Waals surface area (Å²) in [6.07, 6.45) is 8.29. The number of imidazole rings is 1. The van der Waals surface area contributed by atoms with E-state index in [9.17, 15) is 4.79 Å². The Bertz CT molecular complexity index is 744. The molecule has 2 aromatic heterocycles. The van der Waals surface area contributed by atoms with Gasteiger partial charge in [-0.1, -0.05) is 0 Å². The Kier molecular flexibility index (Phi) is 4.61. The molecule has 26 heavy (non-hydrogen) atoms. The van der Waals surface area contributed by atoms with Gasteiger partial charge in [0, 0.05) is 56.3 Å². The van der Waals surface area contributed by atoms with Gasteiger partial charge in [-0.15, -0.1) is 5.10 Å². The molecule has 1 spiro atoms. The van der Waals surface area contributed by atoms with E-state index in [1.807, 2.05) is 19.2 Å². The van der Waals surface area contributed by atoms with Crippen LogP contribution in [0.5, 0.6) is 0 Å². The van der Waals surface area contributed by atoms with Gasteiger partial charge in [0.15, 0.2) is 5.82 Å². The molecule has 4 rings (SSSR count). The zero-order valence-corrected chi connectivity index (χ0v) is 15.3. The second-order valence-corrected chi connectivity index (χ2v) is 7.70. The lowest BCUT2D eigenvalue weighted by Gasteiger charge is -2.48. The van der Waals surface area contributed by atoms with E-state index >= 15 is 0 Å². The summed E-state index contributed by atoms with van der Waals surface area (Å²) >= 11 is 0. The molecule has 0 aliphatic carbocycles. The first-order valence-electron chi connectivity index (χ1n) is 9.44. The molecular formula is C19H26N6O. The van der Waals surface area contributed by atoms with Crippen molar-refractivity contribution in [3.05, 3.63) is 36.0 Å². The molecule has 0 saturated carbocycles. The second-order valence-electron chi connectivity index (χ2n) is 7.70. The summed E-state index contributed by atoms with van der Waals surface area (Å²) in [5.41, 5.74) is 2.19. The summed E-state index contributed by atoms with van der Waals surface area (Å²) in [7, 11) is 0. The van der Waals surface area contributed by atoms with E-state index in [2.05, 4.69) is 36.0 Å². The molecule has 0 radical (unpaired) electrons. The molecule has 2 aromatic rings. The van der Waals surface area contributed by atoms with Gasteiger partial charge in [-0.2, -0.15) is 5.10 Å². The highest BCUT2D eigenvalue weighted by atomic mass is 16.2. The number of piperidine rings is 2. The van der Waals surface area contributed by atoms with Gasteiger partial charge in [0.05, 0.1) is 12.0 Å². The zero-order chi connectivity index (χ0) is 18.0. The van der Waals surface area contributed by atoms with Gasteiger partial charge in [0.25, 0.3) is 0 Å². The van der Waals surface area contributed by atoms with E-state index in [0.717, 1.165) is 62.6 Å². The number of hydrogen-bond acceptors (Lipinski definition) is 5. The lowest BCUT2D eigenvalue weighted by atomic mass is 9.73. The minimum atomic E-state index is 0.173. The molecule has 0 aromatic carbocycles. The highest BCUT2D eigenvalue weighted by Gasteiger charge is 2.41. The first kappa shape index (κ1) is 17.0. The number of rotatable bonds is 4. The maximum absolute atomic E-state index is 12.4. The van der Waals surface area contributed by atoms with Gasteiger partial charge in [-0.25, -0.2) is 4.98 Å². The monoisotopic (exact) mass is 354 g/mol. The number of anilines is 1. The molecule has 2 aliphatic heterocycles. The SMILES string of the molecule is Cc1ccc(N2CCCC3(CCC(=O)N(CCc4cnc[nH]4)C3)C2)nn1. The number of likely N-dealkylation sites (tertiary alicyclic amines) is 1. The van der Waals surface area contributed by atoms with Crippen molar-refractivity contribution in [3.63, 3.8) is 0 Å². The van der Waals surface area contributed by atoms with Crippen LogP contribution in [0.1, 0.15) is 37.1 Å². The minimum Gasteiger partial charge on any atom is -0.355 e. The Labute approximate surface area is 153 Å². The highest BCUT2D eigenvalue weighted by molar-refractivity contribution is 5.77. The fourth-order valence-electron chi connectivity index (χ4n) is 4.28. The van der Waals surface area contributed by atoms with E-state index in [-0.39, 0.29) is 11.3 Å². The van der Waals surface area contributed by atoms with Gasteiger partial charge in [0.1, 0.15) is 0 Å². The van der Waals surface area contributed by atoms with Crippen LogP contribution in [0.4, 0.5) is 5.82 Å². The molecule has 1 amide bonds. The first-order chi connectivity index (χ1) is 12.6. The van der Waals surface area contributed by atoms with Crippen LogP contribution in [0.15, 0.2) is 24.7 Å². The third-order valence-corrected chi connectivity index (χ3v) is 5.72. The Hall–Kier alpha value is -2.44. The number of carbonyl (C=O) groups is 1. The average molecular weight is 354 g/mol. The van der Waals surface area contributed by atoms with Crippen LogP contribution in [0, 0.1) is 12.3 Å². The maximum atomic E-state index is 12.4. The fraction of sp³-hybridized carbons (Fsp3) is 0.579. The quantitative estimate of drug-likeness (QED) is 0.908. The number of hydrogen-bond donors (Lipinski definition) is 1. The van der Waals surface area contributed by atoms with Crippen LogP contribution in [0.3, 0.4) is 0 Å². The summed E-state index contributed by atoms with van der Waals surface area (Å²) in [5.74, 6) is 1.23. The number of aromatic amines is 1. The van der Waals surface area contributed by atoms with E-state index in [0.29, 0.717) is 6.42 Å². The lowest BCUT2D eigenvalue weighted by Crippen LogP contribution is -2.54. The van der Waals surface area contributed by atoms with Crippen molar-refractivity contribution in [1.82, 2.24) is 25.1 Å². The summed E-state index contributed by atoms with van der Waals surface area (Å²) in [6, 6.07) is 4.08. The van der Waals surface area contributed by atoms with Crippen molar-refractivity contribution in [2.24, 2.45) is 5.41 Å². The van der Waals surface area contributed by atoms with Crippen molar-refractivity contribution < 1.29 is 4.79 Å². The van der Waals surface area contributed by atoms with Crippen LogP contribution in [-0.4, -0.2) is 57.2 Å². The highest BCUT2D eigenvalue weighted by Crippen LogP contribution is 2.39. The van der Waals surface area contributed by atoms with Crippen LogP contribution < -0.4 is 4.90 Å². The molecule has 1 atom stereocenters. The predicted octanol–water partition coefficient (Wildman–Crippen LogP) is 1.96. The third-order valence-electron chi connectivity index (χ3n) is 5.72. The zero-order valence-electron chi connectivity index (χ0n) is 15.3. The summed E-state index contributed by atoms with van der Waals surface area (Å²) in [6.45, 7) is 5.53. The van der Waals surface area contributed by atoms with E-state index in [1.165, 1.54) is 6.42 Å². The summed E-state index contributed by atoms with van der Waals surface area (Å²) < 4.78 is 0. The first-order valence-corrected chi connectivity index (χ1v) is 9.44. The molecule has 2 saturated heterocycles. The maximum Gasteiger partial charge on any atom is 0.222 e. The van der Waals surface area contributed by atoms with Crippen LogP contribution in [0.25, 0.3) is 0 Å². The van der Waals surface area contributed by atoms with Crippen LogP contribution >= 0.6 is 0 Å². The molecule has 7 heteroatoms. The normalized spacial score (nSPS) is 23.7. The van der Waals surface area contributed by atoms with Gasteiger partial charge in [0.2, 0.25) is 5.91 Å².